The van der Waals surface area contributed by atoms with Crippen molar-refractivity contribution >= 4 is 31.0 Å². The second-order valence-corrected chi connectivity index (χ2v) is 14.2. The molecule has 0 rings (SSSR count). The molecule has 0 radical (unpaired) electrons. The standard InChI is InChI=1S/C19H37ClN2O2Si/c1-14(2)21-17(20)12-15(3)22(16(4)23)13-19(8,9)24-25(10,11)18(5,6)7/h12,14H,13H2,1-11H3/b15-12+,21-17?. The minimum Gasteiger partial charge on any atom is -0.410 e. The number of aliphatic imine (C=N–C) groups is 1. The Hall–Kier alpha value is -0.653. The summed E-state index contributed by atoms with van der Waals surface area (Å²) in [5, 5.41) is 0.519. The Morgan fingerprint density at radius 3 is 2.04 bits per heavy atom. The fraction of sp³-hybridized carbons (Fsp3) is 0.789. The van der Waals surface area contributed by atoms with Crippen LogP contribution in [0.25, 0.3) is 0 Å². The van der Waals surface area contributed by atoms with Crippen molar-refractivity contribution in [2.75, 3.05) is 6.54 Å². The Balaban J connectivity index is 5.45. The van der Waals surface area contributed by atoms with Crippen LogP contribution in [0.3, 0.4) is 0 Å². The van der Waals surface area contributed by atoms with Gasteiger partial charge in [0.05, 0.1) is 12.1 Å². The molecule has 0 aromatic rings. The van der Waals surface area contributed by atoms with Gasteiger partial charge in [0.1, 0.15) is 5.17 Å². The van der Waals surface area contributed by atoms with Crippen LogP contribution in [0.5, 0.6) is 0 Å². The highest BCUT2D eigenvalue weighted by Gasteiger charge is 2.42. The van der Waals surface area contributed by atoms with Crippen LogP contribution < -0.4 is 0 Å². The summed E-state index contributed by atoms with van der Waals surface area (Å²) in [6.07, 6.45) is 1.74. The molecule has 4 nitrogen and oxygen atoms in total. The van der Waals surface area contributed by atoms with Crippen molar-refractivity contribution in [3.63, 3.8) is 0 Å². The lowest BCUT2D eigenvalue weighted by Crippen LogP contribution is -2.52. The third kappa shape index (κ3) is 8.52. The number of carbonyl (C=O) groups is 1. The van der Waals surface area contributed by atoms with Gasteiger partial charge in [-0.05, 0) is 58.8 Å². The first-order valence-electron chi connectivity index (χ1n) is 8.88. The molecule has 0 spiro atoms. The molecule has 25 heavy (non-hydrogen) atoms. The lowest BCUT2D eigenvalue weighted by Gasteiger charge is -2.44. The molecule has 146 valence electrons. The molecule has 0 aliphatic heterocycles. The first kappa shape index (κ1) is 24.3. The molecule has 0 bridgehead atoms. The molecule has 0 aliphatic carbocycles. The maximum Gasteiger partial charge on any atom is 0.223 e. The lowest BCUT2D eigenvalue weighted by molar-refractivity contribution is -0.129. The summed E-state index contributed by atoms with van der Waals surface area (Å²) in [5.74, 6) is -0.0327. The smallest absolute Gasteiger partial charge is 0.223 e. The second-order valence-electron chi connectivity index (χ2n) is 9.06. The highest BCUT2D eigenvalue weighted by molar-refractivity contribution is 6.74. The summed E-state index contributed by atoms with van der Waals surface area (Å²) >= 11 is 6.17. The highest BCUT2D eigenvalue weighted by atomic mass is 35.5. The van der Waals surface area contributed by atoms with E-state index in [9.17, 15) is 4.79 Å². The quantitative estimate of drug-likeness (QED) is 0.421. The summed E-state index contributed by atoms with van der Waals surface area (Å²) in [6, 6.07) is 0.112. The Morgan fingerprint density at radius 2 is 1.68 bits per heavy atom. The maximum atomic E-state index is 12.2. The lowest BCUT2D eigenvalue weighted by atomic mass is 10.1. The van der Waals surface area contributed by atoms with Crippen molar-refractivity contribution in [3.8, 4) is 0 Å². The van der Waals surface area contributed by atoms with E-state index in [0.29, 0.717) is 11.7 Å². The fourth-order valence-electron chi connectivity index (χ4n) is 2.28. The first-order valence-corrected chi connectivity index (χ1v) is 12.2. The van der Waals surface area contributed by atoms with Gasteiger partial charge in [0.2, 0.25) is 5.91 Å². The number of hydrogen-bond acceptors (Lipinski definition) is 3. The van der Waals surface area contributed by atoms with Crippen molar-refractivity contribution in [1.82, 2.24) is 4.90 Å². The number of nitrogens with zero attached hydrogens (tertiary/aromatic N) is 2. The number of allylic oxidation sites excluding steroid dienone is 2. The molecule has 0 unspecified atom stereocenters. The van der Waals surface area contributed by atoms with Gasteiger partial charge in [-0.1, -0.05) is 32.4 Å². The van der Waals surface area contributed by atoms with Crippen molar-refractivity contribution in [1.29, 1.82) is 0 Å². The van der Waals surface area contributed by atoms with Gasteiger partial charge in [0.25, 0.3) is 0 Å². The zero-order valence-corrected chi connectivity index (χ0v) is 19.7. The van der Waals surface area contributed by atoms with Crippen LogP contribution in [0.1, 0.15) is 62.3 Å². The van der Waals surface area contributed by atoms with E-state index in [4.69, 9.17) is 16.0 Å². The molecule has 0 aromatic heterocycles. The summed E-state index contributed by atoms with van der Waals surface area (Å²) in [4.78, 5) is 18.2. The van der Waals surface area contributed by atoms with E-state index in [0.717, 1.165) is 5.70 Å². The van der Waals surface area contributed by atoms with Crippen LogP contribution in [0, 0.1) is 0 Å². The van der Waals surface area contributed by atoms with Gasteiger partial charge in [-0.3, -0.25) is 9.79 Å². The molecular formula is C19H37ClN2O2Si. The molecule has 0 saturated carbocycles. The molecule has 6 heteroatoms. The molecular weight excluding hydrogens is 352 g/mol. The van der Waals surface area contributed by atoms with Gasteiger partial charge in [0.15, 0.2) is 8.32 Å². The number of hydrogen-bond donors (Lipinski definition) is 0. The monoisotopic (exact) mass is 388 g/mol. The average molecular weight is 389 g/mol. The second kappa shape index (κ2) is 8.83. The van der Waals surface area contributed by atoms with Crippen LogP contribution in [-0.4, -0.2) is 42.5 Å². The topological polar surface area (TPSA) is 41.9 Å². The Bertz CT molecular complexity index is 532. The van der Waals surface area contributed by atoms with Crippen LogP contribution in [-0.2, 0) is 9.22 Å². The van der Waals surface area contributed by atoms with E-state index >= 15 is 0 Å². The minimum atomic E-state index is -1.94. The summed E-state index contributed by atoms with van der Waals surface area (Å²) in [7, 11) is -1.94. The third-order valence-corrected chi connectivity index (χ3v) is 9.27. The van der Waals surface area contributed by atoms with Gasteiger partial charge in [-0.2, -0.15) is 0 Å². The van der Waals surface area contributed by atoms with E-state index in [1.54, 1.807) is 17.9 Å². The fourth-order valence-corrected chi connectivity index (χ4v) is 4.38. The van der Waals surface area contributed by atoms with Gasteiger partial charge < -0.3 is 9.33 Å². The van der Waals surface area contributed by atoms with Crippen molar-refractivity contribution in [3.05, 3.63) is 11.8 Å². The first-order chi connectivity index (χ1) is 11.0. The molecule has 0 saturated heterocycles. The van der Waals surface area contributed by atoms with E-state index in [-0.39, 0.29) is 17.0 Å². The number of rotatable bonds is 7. The molecule has 0 aliphatic rings. The molecule has 1 amide bonds. The van der Waals surface area contributed by atoms with Gasteiger partial charge in [-0.25, -0.2) is 0 Å². The molecule has 0 heterocycles. The van der Waals surface area contributed by atoms with E-state index in [1.807, 2.05) is 34.6 Å². The predicted molar refractivity (Wildman–Crippen MR) is 112 cm³/mol. The van der Waals surface area contributed by atoms with Gasteiger partial charge in [0, 0.05) is 18.7 Å². The molecule has 0 fully saturated rings. The molecule has 0 aromatic carbocycles. The highest BCUT2D eigenvalue weighted by Crippen LogP contribution is 2.39. The number of carbonyl (C=O) groups excluding carboxylic acids is 1. The largest absolute Gasteiger partial charge is 0.410 e. The summed E-state index contributed by atoms with van der Waals surface area (Å²) in [5.41, 5.74) is 0.319. The maximum absolute atomic E-state index is 12.2. The zero-order valence-electron chi connectivity index (χ0n) is 18.0. The Morgan fingerprint density at radius 1 is 1.20 bits per heavy atom. The normalized spacial score (nSPS) is 14.9. The Kier molecular flexibility index (Phi) is 8.59. The predicted octanol–water partition coefficient (Wildman–Crippen LogP) is 5.58. The summed E-state index contributed by atoms with van der Waals surface area (Å²) in [6.45, 7) is 23.0. The van der Waals surface area contributed by atoms with Gasteiger partial charge in [-0.15, -0.1) is 0 Å². The van der Waals surface area contributed by atoms with Crippen LogP contribution in [0.15, 0.2) is 16.8 Å². The van der Waals surface area contributed by atoms with Crippen molar-refractivity contribution in [2.45, 2.75) is 92.1 Å². The van der Waals surface area contributed by atoms with E-state index in [1.165, 1.54) is 0 Å². The average Bonchev–Trinajstić information content (AvgIpc) is 2.31. The van der Waals surface area contributed by atoms with Gasteiger partial charge >= 0.3 is 0 Å². The molecule has 0 N–H and O–H groups in total. The van der Waals surface area contributed by atoms with E-state index < -0.39 is 13.9 Å². The Labute approximate surface area is 160 Å². The zero-order chi connectivity index (χ0) is 20.2. The van der Waals surface area contributed by atoms with Crippen LogP contribution in [0.2, 0.25) is 18.1 Å². The van der Waals surface area contributed by atoms with Crippen LogP contribution in [0.4, 0.5) is 0 Å². The third-order valence-electron chi connectivity index (χ3n) is 4.39. The summed E-state index contributed by atoms with van der Waals surface area (Å²) < 4.78 is 6.54. The number of halogens is 1. The minimum absolute atomic E-state index is 0.0327. The number of amides is 1. The SMILES string of the molecule is CC(=O)N(CC(C)(C)O[Si](C)(C)C(C)(C)C)/C(C)=C/C(Cl)=NC(C)C. The van der Waals surface area contributed by atoms with Crippen LogP contribution >= 0.6 is 11.6 Å². The molecule has 0 atom stereocenters. The van der Waals surface area contributed by atoms with E-state index in [2.05, 4.69) is 38.9 Å². The van der Waals surface area contributed by atoms with Crippen molar-refractivity contribution < 1.29 is 9.22 Å². The van der Waals surface area contributed by atoms with Crippen molar-refractivity contribution in [2.24, 2.45) is 4.99 Å².